The highest BCUT2D eigenvalue weighted by Crippen LogP contribution is 2.24. The minimum absolute atomic E-state index is 0.175. The molecule has 0 fully saturated rings. The highest BCUT2D eigenvalue weighted by molar-refractivity contribution is 5.39. The predicted octanol–water partition coefficient (Wildman–Crippen LogP) is 2.61. The normalized spacial score (nSPS) is 12.8. The van der Waals surface area contributed by atoms with Gasteiger partial charge in [0, 0.05) is 6.04 Å². The van der Waals surface area contributed by atoms with Crippen LogP contribution in [0.15, 0.2) is 12.1 Å². The third kappa shape index (κ3) is 3.32. The first-order chi connectivity index (χ1) is 7.56. The van der Waals surface area contributed by atoms with Crippen LogP contribution in [0.5, 0.6) is 0 Å². The Morgan fingerprint density at radius 2 is 1.75 bits per heavy atom. The number of hydrogen-bond donors (Lipinski definition) is 2. The summed E-state index contributed by atoms with van der Waals surface area (Å²) in [5.41, 5.74) is 11.6. The third-order valence-electron chi connectivity index (χ3n) is 3.05. The van der Waals surface area contributed by atoms with Crippen molar-refractivity contribution < 1.29 is 0 Å². The van der Waals surface area contributed by atoms with E-state index in [1.165, 1.54) is 22.3 Å². The van der Waals surface area contributed by atoms with Crippen LogP contribution in [0.4, 0.5) is 0 Å². The smallest absolute Gasteiger partial charge is 0.0300 e. The van der Waals surface area contributed by atoms with Crippen molar-refractivity contribution in [1.29, 1.82) is 0 Å². The Morgan fingerprint density at radius 1 is 1.19 bits per heavy atom. The largest absolute Gasteiger partial charge is 0.324 e. The number of nitrogens with one attached hydrogen (secondary N) is 1. The lowest BCUT2D eigenvalue weighted by molar-refractivity contribution is 0.586. The van der Waals surface area contributed by atoms with Crippen molar-refractivity contribution >= 4 is 0 Å². The minimum atomic E-state index is 0.175. The minimum Gasteiger partial charge on any atom is -0.324 e. The van der Waals surface area contributed by atoms with Crippen LogP contribution in [0.3, 0.4) is 0 Å². The van der Waals surface area contributed by atoms with Crippen molar-refractivity contribution in [3.8, 4) is 0 Å². The highest BCUT2D eigenvalue weighted by atomic mass is 14.8. The first-order valence-electron chi connectivity index (χ1n) is 6.04. The van der Waals surface area contributed by atoms with Gasteiger partial charge < -0.3 is 11.1 Å². The molecule has 3 N–H and O–H groups in total. The van der Waals surface area contributed by atoms with E-state index in [0.29, 0.717) is 0 Å². The molecule has 0 spiro atoms. The summed E-state index contributed by atoms with van der Waals surface area (Å²) in [5.74, 6) is 0. The van der Waals surface area contributed by atoms with Gasteiger partial charge in [-0.1, -0.05) is 17.7 Å². The van der Waals surface area contributed by atoms with Crippen LogP contribution < -0.4 is 11.1 Å². The predicted molar refractivity (Wildman–Crippen MR) is 70.7 cm³/mol. The van der Waals surface area contributed by atoms with Crippen LogP contribution in [-0.2, 0) is 0 Å². The number of benzene rings is 1. The van der Waals surface area contributed by atoms with E-state index in [0.717, 1.165) is 19.4 Å². The molecule has 0 aliphatic carbocycles. The fraction of sp³-hybridized carbons (Fsp3) is 0.571. The second kappa shape index (κ2) is 6.02. The Bertz CT molecular complexity index is 322. The van der Waals surface area contributed by atoms with E-state index in [9.17, 15) is 0 Å². The maximum atomic E-state index is 6.26. The molecule has 0 heterocycles. The fourth-order valence-electron chi connectivity index (χ4n) is 2.42. The van der Waals surface area contributed by atoms with Gasteiger partial charge in [0.2, 0.25) is 0 Å². The molecule has 0 saturated heterocycles. The van der Waals surface area contributed by atoms with E-state index < -0.39 is 0 Å². The summed E-state index contributed by atoms with van der Waals surface area (Å²) in [6.07, 6.45) is 2.18. The molecule has 90 valence electrons. The highest BCUT2D eigenvalue weighted by Gasteiger charge is 2.11. The zero-order valence-corrected chi connectivity index (χ0v) is 10.9. The van der Waals surface area contributed by atoms with Gasteiger partial charge in [-0.2, -0.15) is 0 Å². The Morgan fingerprint density at radius 3 is 2.25 bits per heavy atom. The fourth-order valence-corrected chi connectivity index (χ4v) is 2.42. The van der Waals surface area contributed by atoms with Gasteiger partial charge in [-0.3, -0.25) is 0 Å². The molecule has 0 bridgehead atoms. The summed E-state index contributed by atoms with van der Waals surface area (Å²) in [4.78, 5) is 0. The van der Waals surface area contributed by atoms with Crippen molar-refractivity contribution in [2.75, 3.05) is 13.6 Å². The monoisotopic (exact) mass is 220 g/mol. The molecule has 2 nitrogen and oxygen atoms in total. The molecule has 0 amide bonds. The first-order valence-corrected chi connectivity index (χ1v) is 6.04. The average molecular weight is 220 g/mol. The van der Waals surface area contributed by atoms with E-state index in [4.69, 9.17) is 5.73 Å². The van der Waals surface area contributed by atoms with Crippen molar-refractivity contribution in [2.45, 2.75) is 39.7 Å². The second-order valence-electron chi connectivity index (χ2n) is 4.66. The molecule has 1 aromatic rings. The molecule has 1 rings (SSSR count). The zero-order chi connectivity index (χ0) is 12.1. The Labute approximate surface area is 99.2 Å². The van der Waals surface area contributed by atoms with Crippen LogP contribution in [0.25, 0.3) is 0 Å². The van der Waals surface area contributed by atoms with Crippen LogP contribution in [-0.4, -0.2) is 13.6 Å². The molecule has 0 saturated carbocycles. The maximum Gasteiger partial charge on any atom is 0.0300 e. The topological polar surface area (TPSA) is 38.0 Å². The maximum absolute atomic E-state index is 6.26. The zero-order valence-electron chi connectivity index (χ0n) is 10.9. The van der Waals surface area contributed by atoms with Gasteiger partial charge in [-0.15, -0.1) is 0 Å². The van der Waals surface area contributed by atoms with Crippen LogP contribution in [0, 0.1) is 20.8 Å². The Balaban J connectivity index is 2.78. The van der Waals surface area contributed by atoms with Gasteiger partial charge in [-0.05, 0) is 63.9 Å². The lowest BCUT2D eigenvalue weighted by Crippen LogP contribution is -2.16. The van der Waals surface area contributed by atoms with Gasteiger partial charge >= 0.3 is 0 Å². The molecular formula is C14H24N2. The van der Waals surface area contributed by atoms with Crippen LogP contribution >= 0.6 is 0 Å². The van der Waals surface area contributed by atoms with Crippen LogP contribution in [0.1, 0.15) is 41.1 Å². The number of rotatable bonds is 5. The summed E-state index contributed by atoms with van der Waals surface area (Å²) in [6, 6.07) is 4.62. The van der Waals surface area contributed by atoms with Gasteiger partial charge in [0.05, 0.1) is 0 Å². The van der Waals surface area contributed by atoms with E-state index in [1.807, 2.05) is 7.05 Å². The average Bonchev–Trinajstić information content (AvgIpc) is 2.16. The molecule has 16 heavy (non-hydrogen) atoms. The summed E-state index contributed by atoms with van der Waals surface area (Å²) in [7, 11) is 1.98. The molecule has 0 aliphatic rings. The molecule has 1 aromatic carbocycles. The standard InChI is InChI=1S/C14H24N2/c1-10-8-11(2)14(12(3)9-10)13(15)6-5-7-16-4/h8-9,13,16H,5-7,15H2,1-4H3. The molecule has 2 heteroatoms. The van der Waals surface area contributed by atoms with Crippen molar-refractivity contribution in [3.63, 3.8) is 0 Å². The van der Waals surface area contributed by atoms with E-state index in [-0.39, 0.29) is 6.04 Å². The molecule has 0 aromatic heterocycles. The number of hydrogen-bond acceptors (Lipinski definition) is 2. The van der Waals surface area contributed by atoms with Gasteiger partial charge in [0.25, 0.3) is 0 Å². The van der Waals surface area contributed by atoms with E-state index in [2.05, 4.69) is 38.2 Å². The van der Waals surface area contributed by atoms with Gasteiger partial charge in [-0.25, -0.2) is 0 Å². The molecule has 1 atom stereocenters. The van der Waals surface area contributed by atoms with Gasteiger partial charge in [0.1, 0.15) is 0 Å². The summed E-state index contributed by atoms with van der Waals surface area (Å²) >= 11 is 0. The lowest BCUT2D eigenvalue weighted by Gasteiger charge is -2.18. The van der Waals surface area contributed by atoms with Crippen LogP contribution in [0.2, 0.25) is 0 Å². The molecule has 0 radical (unpaired) electrons. The quantitative estimate of drug-likeness (QED) is 0.749. The van der Waals surface area contributed by atoms with Crippen molar-refractivity contribution in [2.24, 2.45) is 5.73 Å². The van der Waals surface area contributed by atoms with Crippen molar-refractivity contribution in [1.82, 2.24) is 5.32 Å². The van der Waals surface area contributed by atoms with Gasteiger partial charge in [0.15, 0.2) is 0 Å². The lowest BCUT2D eigenvalue weighted by atomic mass is 9.92. The summed E-state index contributed by atoms with van der Waals surface area (Å²) in [5, 5.41) is 3.16. The second-order valence-corrected chi connectivity index (χ2v) is 4.66. The molecular weight excluding hydrogens is 196 g/mol. The first kappa shape index (κ1) is 13.2. The van der Waals surface area contributed by atoms with E-state index in [1.54, 1.807) is 0 Å². The Hall–Kier alpha value is -0.860. The number of aryl methyl sites for hydroxylation is 3. The molecule has 1 unspecified atom stereocenters. The number of nitrogens with two attached hydrogens (primary N) is 1. The summed E-state index contributed by atoms with van der Waals surface area (Å²) < 4.78 is 0. The van der Waals surface area contributed by atoms with Crippen molar-refractivity contribution in [3.05, 3.63) is 34.4 Å². The third-order valence-corrected chi connectivity index (χ3v) is 3.05. The summed E-state index contributed by atoms with van der Waals surface area (Å²) in [6.45, 7) is 7.49. The SMILES string of the molecule is CNCCCC(N)c1c(C)cc(C)cc1C. The Kier molecular flexibility index (Phi) is 4.97. The molecule has 0 aliphatic heterocycles. The van der Waals surface area contributed by atoms with E-state index >= 15 is 0 Å².